The molecule has 6 heteroatoms. The molecule has 0 amide bonds. The lowest BCUT2D eigenvalue weighted by Gasteiger charge is -2.10. The summed E-state index contributed by atoms with van der Waals surface area (Å²) in [5.41, 5.74) is 0.811. The molecule has 2 aromatic rings. The van der Waals surface area contributed by atoms with E-state index in [1.54, 1.807) is 42.5 Å². The van der Waals surface area contributed by atoms with Crippen LogP contribution in [0.4, 0.5) is 0 Å². The lowest BCUT2D eigenvalue weighted by Crippen LogP contribution is -2.15. The molecule has 29 heavy (non-hydrogen) atoms. The van der Waals surface area contributed by atoms with Crippen LogP contribution >= 0.6 is 0 Å². The molecule has 1 atom stereocenters. The zero-order valence-electron chi connectivity index (χ0n) is 16.7. The minimum atomic E-state index is -0.505. The average Bonchev–Trinajstić information content (AvgIpc) is 2.75. The fourth-order valence-corrected chi connectivity index (χ4v) is 2.36. The van der Waals surface area contributed by atoms with E-state index >= 15 is 0 Å². The Labute approximate surface area is 171 Å². The molecular weight excluding hydrogens is 370 g/mol. The van der Waals surface area contributed by atoms with E-state index in [-0.39, 0.29) is 11.9 Å². The lowest BCUT2D eigenvalue weighted by molar-refractivity contribution is -0.148. The zero-order chi connectivity index (χ0) is 21.1. The van der Waals surface area contributed by atoms with Crippen LogP contribution in [-0.2, 0) is 9.53 Å². The van der Waals surface area contributed by atoms with Crippen LogP contribution in [0.15, 0.2) is 48.5 Å². The van der Waals surface area contributed by atoms with E-state index < -0.39 is 5.97 Å². The summed E-state index contributed by atoms with van der Waals surface area (Å²) < 4.78 is 16.1. The fraction of sp³-hybridized carbons (Fsp3) is 0.348. The van der Waals surface area contributed by atoms with Crippen LogP contribution in [0.5, 0.6) is 11.5 Å². The second-order valence-corrected chi connectivity index (χ2v) is 6.59. The van der Waals surface area contributed by atoms with Crippen LogP contribution in [0.1, 0.15) is 49.0 Å². The molecule has 0 heterocycles. The third-order valence-corrected chi connectivity index (χ3v) is 4.33. The highest BCUT2D eigenvalue weighted by Gasteiger charge is 2.11. The van der Waals surface area contributed by atoms with E-state index in [0.29, 0.717) is 35.8 Å². The summed E-state index contributed by atoms with van der Waals surface area (Å²) in [5.74, 6) is 0.241. The molecule has 2 rings (SSSR count). The lowest BCUT2D eigenvalue weighted by atomic mass is 10.1. The first-order valence-corrected chi connectivity index (χ1v) is 9.65. The normalized spacial score (nSPS) is 11.2. The third kappa shape index (κ3) is 7.30. The molecule has 0 aliphatic heterocycles. The van der Waals surface area contributed by atoms with E-state index in [1.807, 2.05) is 19.9 Å². The van der Waals surface area contributed by atoms with Crippen molar-refractivity contribution in [3.05, 3.63) is 59.7 Å². The van der Waals surface area contributed by atoms with E-state index in [0.717, 1.165) is 19.3 Å². The van der Waals surface area contributed by atoms with Crippen LogP contribution < -0.4 is 9.47 Å². The number of hydrogen-bond donors (Lipinski definition) is 0. The minimum absolute atomic E-state index is 0.0632. The van der Waals surface area contributed by atoms with E-state index in [1.165, 1.54) is 6.07 Å². The molecule has 2 aromatic carbocycles. The summed E-state index contributed by atoms with van der Waals surface area (Å²) in [7, 11) is 0. The van der Waals surface area contributed by atoms with Gasteiger partial charge in [-0.15, -0.1) is 0 Å². The van der Waals surface area contributed by atoms with Crippen LogP contribution in [0.2, 0.25) is 0 Å². The van der Waals surface area contributed by atoms with E-state index in [2.05, 4.69) is 0 Å². The number of hydrogen-bond acceptors (Lipinski definition) is 6. The quantitative estimate of drug-likeness (QED) is 0.334. The highest BCUT2D eigenvalue weighted by atomic mass is 16.5. The number of nitrogens with zero attached hydrogens (tertiary/aromatic N) is 1. The molecule has 0 aromatic heterocycles. The minimum Gasteiger partial charge on any atom is -0.494 e. The number of ether oxygens (including phenoxy) is 3. The van der Waals surface area contributed by atoms with Crippen molar-refractivity contribution in [1.29, 1.82) is 5.26 Å². The summed E-state index contributed by atoms with van der Waals surface area (Å²) in [6, 6.07) is 15.1. The largest absolute Gasteiger partial charge is 0.494 e. The van der Waals surface area contributed by atoms with Gasteiger partial charge in [-0.25, -0.2) is 4.79 Å². The highest BCUT2D eigenvalue weighted by Crippen LogP contribution is 2.17. The van der Waals surface area contributed by atoms with Crippen molar-refractivity contribution in [1.82, 2.24) is 0 Å². The maximum absolute atomic E-state index is 12.2. The maximum atomic E-state index is 12.2. The van der Waals surface area contributed by atoms with Gasteiger partial charge in [0, 0.05) is 0 Å². The number of rotatable bonds is 10. The van der Waals surface area contributed by atoms with Gasteiger partial charge in [0.15, 0.2) is 0 Å². The maximum Gasteiger partial charge on any atom is 0.343 e. The van der Waals surface area contributed by atoms with Gasteiger partial charge in [-0.2, -0.15) is 5.26 Å². The number of carbonyl (C=O) groups excluding carboxylic acids is 2. The first kappa shape index (κ1) is 22.0. The fourth-order valence-electron chi connectivity index (χ4n) is 2.36. The van der Waals surface area contributed by atoms with Gasteiger partial charge in [0.25, 0.3) is 0 Å². The molecule has 0 aliphatic carbocycles. The predicted octanol–water partition coefficient (Wildman–Crippen LogP) is 4.53. The van der Waals surface area contributed by atoms with Gasteiger partial charge < -0.3 is 14.2 Å². The molecule has 0 N–H and O–H groups in total. The standard InChI is InChI=1S/C23H25NO5/c1-3-17(2)22(25)28-14-5-4-13-27-20-11-9-19(10-12-20)23(26)29-21-8-6-7-18(15-21)16-24/h6-12,15,17H,3-5,13-14H2,1-2H3. The Morgan fingerprint density at radius 2 is 1.76 bits per heavy atom. The molecule has 6 nitrogen and oxygen atoms in total. The number of unbranched alkanes of at least 4 members (excludes halogenated alkanes) is 1. The first-order chi connectivity index (χ1) is 14.0. The van der Waals surface area contributed by atoms with Gasteiger partial charge in [0.1, 0.15) is 11.5 Å². The van der Waals surface area contributed by atoms with E-state index in [4.69, 9.17) is 19.5 Å². The molecule has 0 radical (unpaired) electrons. The van der Waals surface area contributed by atoms with Gasteiger partial charge in [-0.1, -0.05) is 19.9 Å². The Morgan fingerprint density at radius 3 is 2.45 bits per heavy atom. The summed E-state index contributed by atoms with van der Waals surface area (Å²) in [4.78, 5) is 23.8. The summed E-state index contributed by atoms with van der Waals surface area (Å²) >= 11 is 0. The average molecular weight is 395 g/mol. The van der Waals surface area contributed by atoms with Gasteiger partial charge in [0.2, 0.25) is 0 Å². The highest BCUT2D eigenvalue weighted by molar-refractivity contribution is 5.91. The van der Waals surface area contributed by atoms with Crippen molar-refractivity contribution >= 4 is 11.9 Å². The second kappa shape index (κ2) is 11.5. The van der Waals surface area contributed by atoms with Gasteiger partial charge >= 0.3 is 11.9 Å². The molecule has 0 fully saturated rings. The third-order valence-electron chi connectivity index (χ3n) is 4.33. The van der Waals surface area contributed by atoms with Crippen molar-refractivity contribution in [3.63, 3.8) is 0 Å². The number of nitriles is 1. The van der Waals surface area contributed by atoms with Crippen molar-refractivity contribution in [3.8, 4) is 17.6 Å². The van der Waals surface area contributed by atoms with Gasteiger partial charge in [-0.05, 0) is 61.7 Å². The molecule has 0 bridgehead atoms. The van der Waals surface area contributed by atoms with E-state index in [9.17, 15) is 9.59 Å². The van der Waals surface area contributed by atoms with Crippen LogP contribution in [0.25, 0.3) is 0 Å². The summed E-state index contributed by atoms with van der Waals surface area (Å²) in [6.07, 6.45) is 2.26. The van der Waals surface area contributed by atoms with Crippen LogP contribution in [0.3, 0.4) is 0 Å². The number of carbonyl (C=O) groups is 2. The number of esters is 2. The molecule has 0 saturated heterocycles. The molecule has 1 unspecified atom stereocenters. The Balaban J connectivity index is 1.72. The molecule has 0 aliphatic rings. The van der Waals surface area contributed by atoms with Gasteiger partial charge in [0.05, 0.1) is 36.3 Å². The first-order valence-electron chi connectivity index (χ1n) is 9.65. The van der Waals surface area contributed by atoms with Crippen molar-refractivity contribution in [2.75, 3.05) is 13.2 Å². The summed E-state index contributed by atoms with van der Waals surface area (Å²) in [5, 5.41) is 8.89. The Kier molecular flexibility index (Phi) is 8.71. The monoisotopic (exact) mass is 395 g/mol. The van der Waals surface area contributed by atoms with Crippen LogP contribution in [-0.4, -0.2) is 25.2 Å². The van der Waals surface area contributed by atoms with Crippen molar-refractivity contribution < 1.29 is 23.8 Å². The smallest absolute Gasteiger partial charge is 0.343 e. The Bertz CT molecular complexity index is 854. The Hall–Kier alpha value is -3.33. The molecule has 0 saturated carbocycles. The summed E-state index contributed by atoms with van der Waals surface area (Å²) in [6.45, 7) is 4.70. The Morgan fingerprint density at radius 1 is 1.03 bits per heavy atom. The second-order valence-electron chi connectivity index (χ2n) is 6.59. The topological polar surface area (TPSA) is 85.6 Å². The molecular formula is C23H25NO5. The van der Waals surface area contributed by atoms with Gasteiger partial charge in [-0.3, -0.25) is 4.79 Å². The predicted molar refractivity (Wildman–Crippen MR) is 108 cm³/mol. The van der Waals surface area contributed by atoms with Crippen molar-refractivity contribution in [2.45, 2.75) is 33.1 Å². The molecule has 152 valence electrons. The number of benzene rings is 2. The zero-order valence-corrected chi connectivity index (χ0v) is 16.7. The van der Waals surface area contributed by atoms with Crippen LogP contribution in [0, 0.1) is 17.2 Å². The SMILES string of the molecule is CCC(C)C(=O)OCCCCOc1ccc(C(=O)Oc2cccc(C#N)c2)cc1. The van der Waals surface area contributed by atoms with Crippen molar-refractivity contribution in [2.24, 2.45) is 5.92 Å². The molecule has 0 spiro atoms.